The molecule has 1 N–H and O–H groups in total. The molecule has 0 bridgehead atoms. The number of rotatable bonds is 5. The van der Waals surface area contributed by atoms with Gasteiger partial charge in [-0.1, -0.05) is 30.3 Å². The molecule has 1 amide bonds. The fourth-order valence-corrected chi connectivity index (χ4v) is 3.65. The van der Waals surface area contributed by atoms with Crippen LogP contribution in [0.1, 0.15) is 28.9 Å². The molecule has 0 saturated carbocycles. The first-order valence-corrected chi connectivity index (χ1v) is 9.55. The maximum Gasteiger partial charge on any atom is 0.272 e. The van der Waals surface area contributed by atoms with Gasteiger partial charge in [-0.05, 0) is 24.1 Å². The first kappa shape index (κ1) is 17.9. The average molecular weight is 367 g/mol. The van der Waals surface area contributed by atoms with E-state index in [9.17, 15) is 4.79 Å². The van der Waals surface area contributed by atoms with Crippen molar-refractivity contribution in [2.24, 2.45) is 0 Å². The van der Waals surface area contributed by atoms with Gasteiger partial charge in [-0.15, -0.1) is 0 Å². The van der Waals surface area contributed by atoms with Crippen LogP contribution in [-0.2, 0) is 15.9 Å². The summed E-state index contributed by atoms with van der Waals surface area (Å²) in [6.07, 6.45) is 4.05. The molecule has 0 radical (unpaired) electrons. The van der Waals surface area contributed by atoms with Crippen LogP contribution in [0.5, 0.6) is 0 Å². The standard InChI is InChI=1S/C21H25N3O3/c25-20(24-12-8-21(9-13-24)26-14-15-27-21)19-16-18(7-11-23-19)22-10-6-17-4-2-1-3-5-17/h1-5,7,11,16H,6,8-10,12-15H2,(H,22,23). The minimum Gasteiger partial charge on any atom is -0.385 e. The van der Waals surface area contributed by atoms with Gasteiger partial charge in [-0.3, -0.25) is 9.78 Å². The molecule has 1 aromatic carbocycles. The Bertz CT molecular complexity index is 765. The number of piperidine rings is 1. The number of carbonyl (C=O) groups excluding carboxylic acids is 1. The zero-order valence-electron chi connectivity index (χ0n) is 15.4. The van der Waals surface area contributed by atoms with Crippen LogP contribution in [0, 0.1) is 0 Å². The zero-order chi connectivity index (χ0) is 18.5. The van der Waals surface area contributed by atoms with Gasteiger partial charge in [-0.25, -0.2) is 0 Å². The molecular formula is C21H25N3O3. The van der Waals surface area contributed by atoms with Crippen molar-refractivity contribution in [3.8, 4) is 0 Å². The van der Waals surface area contributed by atoms with E-state index in [-0.39, 0.29) is 5.91 Å². The Labute approximate surface area is 159 Å². The molecule has 2 saturated heterocycles. The van der Waals surface area contributed by atoms with Crippen LogP contribution in [0.3, 0.4) is 0 Å². The number of amides is 1. The average Bonchev–Trinajstić information content (AvgIpc) is 3.17. The minimum atomic E-state index is -0.467. The molecule has 0 unspecified atom stereocenters. The molecule has 2 aliphatic rings. The van der Waals surface area contributed by atoms with Gasteiger partial charge in [0, 0.05) is 44.4 Å². The number of likely N-dealkylation sites (tertiary alicyclic amines) is 1. The van der Waals surface area contributed by atoms with E-state index in [2.05, 4.69) is 22.4 Å². The Balaban J connectivity index is 1.32. The van der Waals surface area contributed by atoms with E-state index in [1.165, 1.54) is 5.56 Å². The molecule has 27 heavy (non-hydrogen) atoms. The molecule has 2 aliphatic heterocycles. The van der Waals surface area contributed by atoms with Crippen molar-refractivity contribution in [3.05, 3.63) is 59.9 Å². The summed E-state index contributed by atoms with van der Waals surface area (Å²) >= 11 is 0. The van der Waals surface area contributed by atoms with E-state index in [4.69, 9.17) is 9.47 Å². The molecule has 6 nitrogen and oxygen atoms in total. The predicted molar refractivity (Wildman–Crippen MR) is 103 cm³/mol. The smallest absolute Gasteiger partial charge is 0.272 e. The summed E-state index contributed by atoms with van der Waals surface area (Å²) in [5.41, 5.74) is 2.68. The number of pyridine rings is 1. The zero-order valence-corrected chi connectivity index (χ0v) is 15.4. The molecule has 6 heteroatoms. The highest BCUT2D eigenvalue weighted by atomic mass is 16.7. The number of nitrogens with zero attached hydrogens (tertiary/aromatic N) is 2. The largest absolute Gasteiger partial charge is 0.385 e. The summed E-state index contributed by atoms with van der Waals surface area (Å²) in [6, 6.07) is 14.1. The van der Waals surface area contributed by atoms with E-state index in [1.807, 2.05) is 35.2 Å². The highest BCUT2D eigenvalue weighted by molar-refractivity contribution is 5.93. The Hall–Kier alpha value is -2.44. The van der Waals surface area contributed by atoms with E-state index < -0.39 is 5.79 Å². The minimum absolute atomic E-state index is 0.0328. The maximum atomic E-state index is 12.8. The van der Waals surface area contributed by atoms with Crippen LogP contribution in [0.25, 0.3) is 0 Å². The Morgan fingerprint density at radius 1 is 1.11 bits per heavy atom. The number of carbonyl (C=O) groups is 1. The fraction of sp³-hybridized carbons (Fsp3) is 0.429. The highest BCUT2D eigenvalue weighted by Gasteiger charge is 2.41. The highest BCUT2D eigenvalue weighted by Crippen LogP contribution is 2.31. The first-order valence-electron chi connectivity index (χ1n) is 9.55. The topological polar surface area (TPSA) is 63.7 Å². The first-order chi connectivity index (χ1) is 13.2. The summed E-state index contributed by atoms with van der Waals surface area (Å²) in [5.74, 6) is -0.500. The summed E-state index contributed by atoms with van der Waals surface area (Å²) in [4.78, 5) is 18.9. The molecule has 1 aromatic heterocycles. The molecule has 0 aliphatic carbocycles. The number of aromatic nitrogens is 1. The fourth-order valence-electron chi connectivity index (χ4n) is 3.65. The lowest BCUT2D eigenvalue weighted by atomic mass is 10.0. The monoisotopic (exact) mass is 367 g/mol. The van der Waals surface area contributed by atoms with Crippen molar-refractivity contribution in [2.75, 3.05) is 38.2 Å². The summed E-state index contributed by atoms with van der Waals surface area (Å²) in [7, 11) is 0. The number of nitrogens with one attached hydrogen (secondary N) is 1. The third-order valence-corrected chi connectivity index (χ3v) is 5.19. The van der Waals surface area contributed by atoms with E-state index in [0.29, 0.717) is 44.8 Å². The van der Waals surface area contributed by atoms with Gasteiger partial charge in [0.2, 0.25) is 0 Å². The van der Waals surface area contributed by atoms with Crippen LogP contribution >= 0.6 is 0 Å². The van der Waals surface area contributed by atoms with Gasteiger partial charge in [0.15, 0.2) is 5.79 Å². The molecule has 0 atom stereocenters. The van der Waals surface area contributed by atoms with Gasteiger partial charge in [0.05, 0.1) is 13.2 Å². The molecule has 2 fully saturated rings. The molecule has 142 valence electrons. The van der Waals surface area contributed by atoms with Gasteiger partial charge in [0.1, 0.15) is 5.69 Å². The van der Waals surface area contributed by atoms with Crippen LogP contribution in [0.15, 0.2) is 48.7 Å². The van der Waals surface area contributed by atoms with Gasteiger partial charge in [0.25, 0.3) is 5.91 Å². The van der Waals surface area contributed by atoms with Crippen molar-refractivity contribution in [1.82, 2.24) is 9.88 Å². The van der Waals surface area contributed by atoms with E-state index >= 15 is 0 Å². The third kappa shape index (κ3) is 4.28. The van der Waals surface area contributed by atoms with Crippen LogP contribution in [0.2, 0.25) is 0 Å². The predicted octanol–water partition coefficient (Wildman–Crippen LogP) is 2.72. The lowest BCUT2D eigenvalue weighted by Gasteiger charge is -2.37. The van der Waals surface area contributed by atoms with Crippen LogP contribution < -0.4 is 5.32 Å². The normalized spacial score (nSPS) is 18.6. The van der Waals surface area contributed by atoms with Gasteiger partial charge in [-0.2, -0.15) is 0 Å². The van der Waals surface area contributed by atoms with Crippen molar-refractivity contribution in [2.45, 2.75) is 25.0 Å². The SMILES string of the molecule is O=C(c1cc(NCCc2ccccc2)ccn1)N1CCC2(CC1)OCCO2. The Kier molecular flexibility index (Phi) is 5.36. The number of anilines is 1. The van der Waals surface area contributed by atoms with Gasteiger partial charge < -0.3 is 19.7 Å². The second kappa shape index (κ2) is 8.06. The number of hydrogen-bond donors (Lipinski definition) is 1. The maximum absolute atomic E-state index is 12.8. The number of ether oxygens (including phenoxy) is 2. The van der Waals surface area contributed by atoms with E-state index in [0.717, 1.165) is 18.7 Å². The number of hydrogen-bond acceptors (Lipinski definition) is 5. The van der Waals surface area contributed by atoms with Crippen molar-refractivity contribution in [3.63, 3.8) is 0 Å². The van der Waals surface area contributed by atoms with Crippen LogP contribution in [0.4, 0.5) is 5.69 Å². The number of benzene rings is 1. The van der Waals surface area contributed by atoms with E-state index in [1.54, 1.807) is 6.20 Å². The summed E-state index contributed by atoms with van der Waals surface area (Å²) < 4.78 is 11.5. The Morgan fingerprint density at radius 2 is 1.85 bits per heavy atom. The third-order valence-electron chi connectivity index (χ3n) is 5.19. The molecule has 1 spiro atoms. The van der Waals surface area contributed by atoms with Crippen molar-refractivity contribution in [1.29, 1.82) is 0 Å². The van der Waals surface area contributed by atoms with Crippen molar-refractivity contribution >= 4 is 11.6 Å². The summed E-state index contributed by atoms with van der Waals surface area (Å²) in [6.45, 7) is 3.36. The Morgan fingerprint density at radius 3 is 2.59 bits per heavy atom. The molecular weight excluding hydrogens is 342 g/mol. The summed E-state index contributed by atoms with van der Waals surface area (Å²) in [5, 5.41) is 3.38. The van der Waals surface area contributed by atoms with Crippen molar-refractivity contribution < 1.29 is 14.3 Å². The molecule has 3 heterocycles. The second-order valence-electron chi connectivity index (χ2n) is 6.99. The van der Waals surface area contributed by atoms with Crippen LogP contribution in [-0.4, -0.2) is 54.4 Å². The van der Waals surface area contributed by atoms with Gasteiger partial charge >= 0.3 is 0 Å². The molecule has 4 rings (SSSR count). The molecule has 2 aromatic rings. The second-order valence-corrected chi connectivity index (χ2v) is 6.99. The lowest BCUT2D eigenvalue weighted by Crippen LogP contribution is -2.47. The quantitative estimate of drug-likeness (QED) is 0.880. The lowest BCUT2D eigenvalue weighted by molar-refractivity contribution is -0.181.